The number of hydrogen-bond donors (Lipinski definition) is 3. The number of rotatable bonds is 12. The van der Waals surface area contributed by atoms with E-state index in [2.05, 4.69) is 59.5 Å². The van der Waals surface area contributed by atoms with Gasteiger partial charge in [-0.1, -0.05) is 29.3 Å². The van der Waals surface area contributed by atoms with E-state index < -0.39 is 6.35 Å². The van der Waals surface area contributed by atoms with E-state index in [9.17, 15) is 5.11 Å². The Morgan fingerprint density at radius 2 is 1.87 bits per heavy atom. The third-order valence-electron chi connectivity index (χ3n) is 9.77. The van der Waals surface area contributed by atoms with E-state index in [0.29, 0.717) is 23.8 Å². The van der Waals surface area contributed by atoms with E-state index in [1.807, 2.05) is 6.08 Å². The van der Waals surface area contributed by atoms with Crippen LogP contribution in [0.1, 0.15) is 58.3 Å². The highest BCUT2D eigenvalue weighted by atomic mass is 35.5. The summed E-state index contributed by atoms with van der Waals surface area (Å²) in [5, 5.41) is 18.0. The number of alkyl halides is 1. The number of nitrogens with zero attached hydrogens (tertiary/aromatic N) is 3. The average Bonchev–Trinajstić information content (AvgIpc) is 2.86. The zero-order chi connectivity index (χ0) is 27.2. The molecule has 1 aliphatic heterocycles. The van der Waals surface area contributed by atoms with Crippen molar-refractivity contribution in [3.05, 3.63) is 22.8 Å². The summed E-state index contributed by atoms with van der Waals surface area (Å²) >= 11 is 12.9. The molecule has 1 saturated carbocycles. The van der Waals surface area contributed by atoms with Gasteiger partial charge in [0, 0.05) is 50.3 Å². The average molecular weight is 571 g/mol. The molecule has 0 aromatic rings. The van der Waals surface area contributed by atoms with Crippen LogP contribution in [0, 0.1) is 23.7 Å². The number of hydrogen-bond acceptors (Lipinski definition) is 6. The fourth-order valence-electron chi connectivity index (χ4n) is 7.27. The highest BCUT2D eigenvalue weighted by molar-refractivity contribution is 6.32. The Labute approximate surface area is 242 Å². The zero-order valence-corrected chi connectivity index (χ0v) is 25.7. The maximum Gasteiger partial charge on any atom is 0.161 e. The van der Waals surface area contributed by atoms with Gasteiger partial charge in [-0.2, -0.15) is 0 Å². The third kappa shape index (κ3) is 8.42. The second-order valence-corrected chi connectivity index (χ2v) is 13.9. The Kier molecular flexibility index (Phi) is 11.8. The van der Waals surface area contributed by atoms with Crippen LogP contribution in [0.15, 0.2) is 22.8 Å². The van der Waals surface area contributed by atoms with Gasteiger partial charge in [-0.3, -0.25) is 20.4 Å². The van der Waals surface area contributed by atoms with Crippen molar-refractivity contribution >= 4 is 23.2 Å². The molecule has 6 nitrogen and oxygen atoms in total. The molecule has 218 valence electrons. The van der Waals surface area contributed by atoms with Crippen molar-refractivity contribution in [2.24, 2.45) is 23.7 Å². The Hall–Kier alpha value is -0.180. The fourth-order valence-corrected chi connectivity index (χ4v) is 7.99. The molecule has 0 bridgehead atoms. The molecule has 38 heavy (non-hydrogen) atoms. The monoisotopic (exact) mass is 569 g/mol. The fraction of sp³-hybridized carbons (Fsp3) is 0.867. The summed E-state index contributed by atoms with van der Waals surface area (Å²) in [5.74, 6) is 2.74. The van der Waals surface area contributed by atoms with Crippen LogP contribution in [0.3, 0.4) is 0 Å². The van der Waals surface area contributed by atoms with Crippen LogP contribution in [-0.4, -0.2) is 104 Å². The van der Waals surface area contributed by atoms with Crippen molar-refractivity contribution in [1.29, 1.82) is 0 Å². The lowest BCUT2D eigenvalue weighted by Crippen LogP contribution is -2.60. The molecule has 4 rings (SSSR count). The van der Waals surface area contributed by atoms with Crippen molar-refractivity contribution < 1.29 is 5.11 Å². The maximum absolute atomic E-state index is 10.8. The molecule has 0 amide bonds. The smallest absolute Gasteiger partial charge is 0.161 e. The topological polar surface area (TPSA) is 54.0 Å². The molecule has 3 aliphatic carbocycles. The van der Waals surface area contributed by atoms with Gasteiger partial charge in [0.25, 0.3) is 0 Å². The van der Waals surface area contributed by atoms with Crippen LogP contribution in [0.4, 0.5) is 0 Å². The Morgan fingerprint density at radius 1 is 1.08 bits per heavy atom. The molecular weight excluding hydrogens is 517 g/mol. The molecule has 7 unspecified atom stereocenters. The first-order valence-corrected chi connectivity index (χ1v) is 15.9. The first-order chi connectivity index (χ1) is 18.2. The number of aliphatic hydroxyl groups excluding tert-OH is 1. The van der Waals surface area contributed by atoms with Crippen molar-refractivity contribution in [1.82, 2.24) is 25.3 Å². The van der Waals surface area contributed by atoms with Crippen LogP contribution < -0.4 is 10.6 Å². The second-order valence-electron chi connectivity index (χ2n) is 12.9. The maximum atomic E-state index is 10.8. The first-order valence-electron chi connectivity index (χ1n) is 15.1. The van der Waals surface area contributed by atoms with Crippen LogP contribution in [0.2, 0.25) is 0 Å². The predicted molar refractivity (Wildman–Crippen MR) is 161 cm³/mol. The minimum absolute atomic E-state index is 0.0870. The van der Waals surface area contributed by atoms with E-state index in [1.165, 1.54) is 58.2 Å². The van der Waals surface area contributed by atoms with Gasteiger partial charge in [-0.25, -0.2) is 0 Å². The van der Waals surface area contributed by atoms with Gasteiger partial charge in [-0.05, 0) is 103 Å². The highest BCUT2D eigenvalue weighted by Crippen LogP contribution is 2.44. The normalized spacial score (nSPS) is 34.2. The summed E-state index contributed by atoms with van der Waals surface area (Å²) < 4.78 is 0. The highest BCUT2D eigenvalue weighted by Gasteiger charge is 2.39. The van der Waals surface area contributed by atoms with Gasteiger partial charge < -0.3 is 10.0 Å². The van der Waals surface area contributed by atoms with Gasteiger partial charge in [0.05, 0.1) is 11.4 Å². The third-order valence-corrected chi connectivity index (χ3v) is 10.6. The molecule has 0 aromatic carbocycles. The van der Waals surface area contributed by atoms with E-state index in [-0.39, 0.29) is 11.4 Å². The van der Waals surface area contributed by atoms with Crippen molar-refractivity contribution in [3.63, 3.8) is 0 Å². The summed E-state index contributed by atoms with van der Waals surface area (Å²) in [7, 11) is 6.60. The van der Waals surface area contributed by atoms with Gasteiger partial charge in [0.15, 0.2) is 6.35 Å². The van der Waals surface area contributed by atoms with Crippen molar-refractivity contribution in [3.8, 4) is 0 Å². The van der Waals surface area contributed by atoms with Crippen molar-refractivity contribution in [2.75, 3.05) is 60.4 Å². The lowest BCUT2D eigenvalue weighted by Gasteiger charge is -2.48. The molecule has 3 N–H and O–H groups in total. The summed E-state index contributed by atoms with van der Waals surface area (Å²) in [6, 6.07) is 0.524. The van der Waals surface area contributed by atoms with E-state index in [0.717, 1.165) is 43.4 Å². The number of halogens is 2. The van der Waals surface area contributed by atoms with Gasteiger partial charge in [0.2, 0.25) is 0 Å². The van der Waals surface area contributed by atoms with Crippen LogP contribution in [0.5, 0.6) is 0 Å². The molecule has 8 heteroatoms. The molecule has 0 radical (unpaired) electrons. The predicted octanol–water partition coefficient (Wildman–Crippen LogP) is 4.29. The largest absolute Gasteiger partial charge is 0.365 e. The van der Waals surface area contributed by atoms with Crippen LogP contribution in [0.25, 0.3) is 0 Å². The van der Waals surface area contributed by atoms with E-state index in [4.69, 9.17) is 23.2 Å². The zero-order valence-electron chi connectivity index (χ0n) is 24.2. The molecular formula is C30H53Cl2N5O. The van der Waals surface area contributed by atoms with Gasteiger partial charge >= 0.3 is 0 Å². The minimum Gasteiger partial charge on any atom is -0.365 e. The molecule has 7 atom stereocenters. The molecule has 1 saturated heterocycles. The number of aliphatic hydroxyl groups is 1. The number of nitrogens with one attached hydrogen (secondary N) is 2. The van der Waals surface area contributed by atoms with Crippen molar-refractivity contribution in [2.45, 2.75) is 82.1 Å². The molecule has 1 heterocycles. The van der Waals surface area contributed by atoms with Crippen LogP contribution >= 0.6 is 23.2 Å². The number of allylic oxidation sites excluding steroid dienone is 3. The first kappa shape index (κ1) is 30.8. The Morgan fingerprint density at radius 3 is 2.58 bits per heavy atom. The molecule has 0 spiro atoms. The number of likely N-dealkylation sites (N-methyl/N-ethyl adjacent to an activating group) is 2. The number of likely N-dealkylation sites (tertiary alicyclic amines) is 1. The standard InChI is InChI=1S/C30H53Cl2N5O/c1-21-8-5-6-9-25(21)26-16-22(18-37-19-24(20-37)36(4)15-14-35(2)3)12-13-23(26)17-33-30(38)34-29-27(31)10-7-11-28(29)32/h8,10,22-26,28-30,33-34,38H,5-7,9,11-20H2,1-4H3. The van der Waals surface area contributed by atoms with E-state index in [1.54, 1.807) is 5.57 Å². The Bertz CT molecular complexity index is 802. The Balaban J connectivity index is 1.28. The summed E-state index contributed by atoms with van der Waals surface area (Å²) in [6.45, 7) is 9.15. The van der Waals surface area contributed by atoms with Gasteiger partial charge in [-0.15, -0.1) is 11.6 Å². The van der Waals surface area contributed by atoms with Crippen LogP contribution in [-0.2, 0) is 0 Å². The van der Waals surface area contributed by atoms with Gasteiger partial charge in [0.1, 0.15) is 0 Å². The van der Waals surface area contributed by atoms with E-state index >= 15 is 0 Å². The minimum atomic E-state index is -0.801. The summed E-state index contributed by atoms with van der Waals surface area (Å²) in [5.41, 5.74) is 1.60. The summed E-state index contributed by atoms with van der Waals surface area (Å²) in [6.07, 6.45) is 13.2. The molecule has 4 aliphatic rings. The summed E-state index contributed by atoms with van der Waals surface area (Å²) in [4.78, 5) is 7.51. The quantitative estimate of drug-likeness (QED) is 0.185. The molecule has 2 fully saturated rings. The SMILES string of the molecule is CC1=CCCCC1C1CC(CN2CC(N(C)CCN(C)C)C2)CCC1CNC(O)NC1C(Cl)=CCCC1Cl. The lowest BCUT2D eigenvalue weighted by atomic mass is 9.64. The second kappa shape index (κ2) is 14.6. The molecule has 0 aromatic heterocycles. The lowest BCUT2D eigenvalue weighted by molar-refractivity contribution is 0.0150.